The average Bonchev–Trinajstić information content (AvgIpc) is 2.78. The molecule has 18 heavy (non-hydrogen) atoms. The number of pyridine rings is 1. The molecule has 0 aliphatic carbocycles. The smallest absolute Gasteiger partial charge is 0.185 e. The third kappa shape index (κ3) is 3.35. The normalized spacial score (nSPS) is 12.4. The molecule has 2 aromatic heterocycles. The zero-order valence-electron chi connectivity index (χ0n) is 9.39. The van der Waals surface area contributed by atoms with Gasteiger partial charge in [0, 0.05) is 10.7 Å². The van der Waals surface area contributed by atoms with Crippen LogP contribution in [-0.4, -0.2) is 16.0 Å². The number of hydrogen-bond acceptors (Lipinski definition) is 4. The van der Waals surface area contributed by atoms with Crippen LogP contribution in [-0.2, 0) is 0 Å². The van der Waals surface area contributed by atoms with Crippen LogP contribution in [0.2, 0.25) is 4.34 Å². The monoisotopic (exact) mass is 361 g/mol. The Bertz CT molecular complexity index is 573. The lowest BCUT2D eigenvalue weighted by molar-refractivity contribution is 0.0998. The van der Waals surface area contributed by atoms with Crippen molar-refractivity contribution in [3.8, 4) is 0 Å². The maximum Gasteiger partial charge on any atom is 0.185 e. The summed E-state index contributed by atoms with van der Waals surface area (Å²) in [7, 11) is 0. The molecule has 0 aliphatic rings. The van der Waals surface area contributed by atoms with Crippen LogP contribution >= 0.6 is 50.6 Å². The molecule has 2 aromatic rings. The molecule has 0 radical (unpaired) electrons. The van der Waals surface area contributed by atoms with E-state index in [2.05, 4.69) is 20.9 Å². The number of thioether (sulfide) groups is 1. The minimum atomic E-state index is -0.189. The van der Waals surface area contributed by atoms with E-state index in [-0.39, 0.29) is 11.0 Å². The SMILES string of the molecule is CC(Sc1ncccc1Br)C(=O)c1ccc(Cl)s1. The van der Waals surface area contributed by atoms with Crippen molar-refractivity contribution in [3.63, 3.8) is 0 Å². The van der Waals surface area contributed by atoms with E-state index < -0.39 is 0 Å². The third-order valence-corrected chi connectivity index (χ3v) is 5.46. The first-order valence-corrected chi connectivity index (χ1v) is 8.01. The van der Waals surface area contributed by atoms with Crippen LogP contribution in [0.5, 0.6) is 0 Å². The van der Waals surface area contributed by atoms with Gasteiger partial charge < -0.3 is 0 Å². The Balaban J connectivity index is 2.11. The van der Waals surface area contributed by atoms with E-state index in [0.29, 0.717) is 9.21 Å². The average molecular weight is 363 g/mol. The molecular weight excluding hydrogens is 354 g/mol. The molecule has 0 saturated heterocycles. The Morgan fingerprint density at radius 2 is 2.28 bits per heavy atom. The van der Waals surface area contributed by atoms with Crippen molar-refractivity contribution in [2.45, 2.75) is 17.2 Å². The fourth-order valence-electron chi connectivity index (χ4n) is 1.33. The zero-order valence-corrected chi connectivity index (χ0v) is 13.4. The highest BCUT2D eigenvalue weighted by atomic mass is 79.9. The van der Waals surface area contributed by atoms with E-state index in [4.69, 9.17) is 11.6 Å². The first-order valence-electron chi connectivity index (χ1n) is 5.14. The predicted octanol–water partition coefficient (Wildman–Crippen LogP) is 4.92. The van der Waals surface area contributed by atoms with Crippen LogP contribution in [0.4, 0.5) is 0 Å². The molecule has 0 bridgehead atoms. The molecule has 0 saturated carbocycles. The molecule has 94 valence electrons. The predicted molar refractivity (Wildman–Crippen MR) is 80.9 cm³/mol. The topological polar surface area (TPSA) is 30.0 Å². The maximum atomic E-state index is 12.2. The quantitative estimate of drug-likeness (QED) is 0.571. The molecule has 2 heterocycles. The second kappa shape index (κ2) is 6.19. The lowest BCUT2D eigenvalue weighted by Gasteiger charge is -2.09. The summed E-state index contributed by atoms with van der Waals surface area (Å²) in [4.78, 5) is 17.1. The van der Waals surface area contributed by atoms with E-state index in [1.54, 1.807) is 18.3 Å². The van der Waals surface area contributed by atoms with Crippen molar-refractivity contribution in [1.82, 2.24) is 4.98 Å². The van der Waals surface area contributed by atoms with E-state index in [1.807, 2.05) is 19.1 Å². The highest BCUT2D eigenvalue weighted by Crippen LogP contribution is 2.31. The summed E-state index contributed by atoms with van der Waals surface area (Å²) in [6.45, 7) is 1.88. The number of ketones is 1. The summed E-state index contributed by atoms with van der Waals surface area (Å²) in [5.41, 5.74) is 0. The number of nitrogens with zero attached hydrogens (tertiary/aromatic N) is 1. The van der Waals surface area contributed by atoms with Crippen molar-refractivity contribution >= 4 is 56.4 Å². The van der Waals surface area contributed by atoms with E-state index in [9.17, 15) is 4.79 Å². The van der Waals surface area contributed by atoms with Gasteiger partial charge in [-0.2, -0.15) is 0 Å². The Hall–Kier alpha value is -0.360. The minimum absolute atomic E-state index is 0.0782. The van der Waals surface area contributed by atoms with Crippen molar-refractivity contribution in [2.24, 2.45) is 0 Å². The zero-order chi connectivity index (χ0) is 13.1. The molecule has 0 N–H and O–H groups in total. The maximum absolute atomic E-state index is 12.2. The van der Waals surface area contributed by atoms with E-state index in [0.717, 1.165) is 9.50 Å². The molecule has 6 heteroatoms. The standard InChI is InChI=1S/C12H9BrClNOS2/c1-7(11(16)9-4-5-10(14)18-9)17-12-8(13)3-2-6-15-12/h2-7H,1H3. The van der Waals surface area contributed by atoms with Gasteiger partial charge in [-0.05, 0) is 47.1 Å². The lowest BCUT2D eigenvalue weighted by Crippen LogP contribution is -2.12. The Morgan fingerprint density at radius 1 is 1.50 bits per heavy atom. The van der Waals surface area contributed by atoms with E-state index in [1.165, 1.54) is 23.1 Å². The summed E-state index contributed by atoms with van der Waals surface area (Å²) in [5.74, 6) is 0.0782. The summed E-state index contributed by atoms with van der Waals surface area (Å²) in [6, 6.07) is 7.27. The Morgan fingerprint density at radius 3 is 2.89 bits per heavy atom. The van der Waals surface area contributed by atoms with Gasteiger partial charge in [-0.25, -0.2) is 4.98 Å². The van der Waals surface area contributed by atoms with Gasteiger partial charge in [0.2, 0.25) is 0 Å². The molecule has 2 rings (SSSR count). The third-order valence-electron chi connectivity index (χ3n) is 2.20. The van der Waals surface area contributed by atoms with Gasteiger partial charge in [-0.15, -0.1) is 11.3 Å². The lowest BCUT2D eigenvalue weighted by atomic mass is 10.2. The highest BCUT2D eigenvalue weighted by molar-refractivity contribution is 9.10. The molecule has 1 atom stereocenters. The van der Waals surface area contributed by atoms with Crippen LogP contribution < -0.4 is 0 Å². The van der Waals surface area contributed by atoms with Gasteiger partial charge in [0.1, 0.15) is 5.03 Å². The van der Waals surface area contributed by atoms with Gasteiger partial charge in [0.25, 0.3) is 0 Å². The van der Waals surface area contributed by atoms with Crippen molar-refractivity contribution in [1.29, 1.82) is 0 Å². The van der Waals surface area contributed by atoms with Crippen molar-refractivity contribution in [3.05, 3.63) is 44.1 Å². The van der Waals surface area contributed by atoms with Crippen LogP contribution in [0.3, 0.4) is 0 Å². The Kier molecular flexibility index (Phi) is 4.84. The number of rotatable bonds is 4. The molecule has 0 aromatic carbocycles. The van der Waals surface area contributed by atoms with Crippen molar-refractivity contribution in [2.75, 3.05) is 0 Å². The number of carbonyl (C=O) groups is 1. The first-order chi connectivity index (χ1) is 8.58. The fourth-order valence-corrected chi connectivity index (χ4v) is 3.88. The molecule has 1 unspecified atom stereocenters. The van der Waals surface area contributed by atoms with Gasteiger partial charge in [-0.3, -0.25) is 4.79 Å². The molecule has 0 fully saturated rings. The molecule has 0 amide bonds. The second-order valence-electron chi connectivity index (χ2n) is 3.52. The summed E-state index contributed by atoms with van der Waals surface area (Å²) >= 11 is 12.0. The first kappa shape index (κ1) is 14.1. The second-order valence-corrected chi connectivity index (χ2v) is 7.42. The van der Waals surface area contributed by atoms with Gasteiger partial charge >= 0.3 is 0 Å². The van der Waals surface area contributed by atoms with Crippen molar-refractivity contribution < 1.29 is 4.79 Å². The molecule has 0 spiro atoms. The molecular formula is C12H9BrClNOS2. The number of carbonyl (C=O) groups excluding carboxylic acids is 1. The van der Waals surface area contributed by atoms with Gasteiger partial charge in [0.15, 0.2) is 5.78 Å². The van der Waals surface area contributed by atoms with Crippen LogP contribution in [0, 0.1) is 0 Å². The van der Waals surface area contributed by atoms with E-state index >= 15 is 0 Å². The molecule has 0 aliphatic heterocycles. The van der Waals surface area contributed by atoms with Gasteiger partial charge in [0.05, 0.1) is 14.5 Å². The fraction of sp³-hybridized carbons (Fsp3) is 0.167. The number of Topliss-reactive ketones (excluding diaryl/α,β-unsaturated/α-hetero) is 1. The number of hydrogen-bond donors (Lipinski definition) is 0. The summed E-state index contributed by atoms with van der Waals surface area (Å²) in [5, 5.41) is 0.631. The number of halogens is 2. The largest absolute Gasteiger partial charge is 0.292 e. The Labute approximate surface area is 127 Å². The summed E-state index contributed by atoms with van der Waals surface area (Å²) in [6.07, 6.45) is 1.71. The number of thiophene rings is 1. The highest BCUT2D eigenvalue weighted by Gasteiger charge is 2.19. The van der Waals surface area contributed by atoms with Crippen LogP contribution in [0.15, 0.2) is 40.0 Å². The minimum Gasteiger partial charge on any atom is -0.292 e. The van der Waals surface area contributed by atoms with Gasteiger partial charge in [-0.1, -0.05) is 23.4 Å². The number of aromatic nitrogens is 1. The molecule has 2 nitrogen and oxygen atoms in total. The van der Waals surface area contributed by atoms with Crippen LogP contribution in [0.25, 0.3) is 0 Å². The summed E-state index contributed by atoms with van der Waals surface area (Å²) < 4.78 is 1.54. The van der Waals surface area contributed by atoms with Crippen LogP contribution in [0.1, 0.15) is 16.6 Å².